The third-order valence-corrected chi connectivity index (χ3v) is 3.54. The van der Waals surface area contributed by atoms with Gasteiger partial charge in [-0.25, -0.2) is 0 Å². The van der Waals surface area contributed by atoms with Gasteiger partial charge < -0.3 is 10.1 Å². The van der Waals surface area contributed by atoms with Crippen LogP contribution >= 0.6 is 0 Å². The van der Waals surface area contributed by atoms with E-state index in [2.05, 4.69) is 55.3 Å². The molecule has 1 unspecified atom stereocenters. The van der Waals surface area contributed by atoms with Crippen LogP contribution in [0.2, 0.25) is 0 Å². The van der Waals surface area contributed by atoms with Crippen LogP contribution in [0.1, 0.15) is 31.9 Å². The normalized spacial score (nSPS) is 20.9. The van der Waals surface area contributed by atoms with Gasteiger partial charge in [0.25, 0.3) is 0 Å². The molecule has 3 heteroatoms. The first-order valence-electron chi connectivity index (χ1n) is 7.29. The monoisotopic (exact) mass is 262 g/mol. The first kappa shape index (κ1) is 14.5. The Morgan fingerprint density at radius 1 is 1.32 bits per heavy atom. The van der Waals surface area contributed by atoms with Gasteiger partial charge in [-0.3, -0.25) is 4.90 Å². The molecular formula is C16H26N2O. The minimum absolute atomic E-state index is 0.356. The van der Waals surface area contributed by atoms with Crippen LogP contribution in [0.15, 0.2) is 24.3 Å². The van der Waals surface area contributed by atoms with Crippen molar-refractivity contribution in [3.8, 4) is 0 Å². The van der Waals surface area contributed by atoms with Crippen molar-refractivity contribution in [1.82, 2.24) is 10.2 Å². The van der Waals surface area contributed by atoms with Crippen molar-refractivity contribution in [3.63, 3.8) is 0 Å². The van der Waals surface area contributed by atoms with Crippen molar-refractivity contribution in [3.05, 3.63) is 35.4 Å². The largest absolute Gasteiger partial charge is 0.376 e. The number of ether oxygens (including phenoxy) is 1. The number of nitrogens with one attached hydrogen (secondary N) is 1. The fourth-order valence-corrected chi connectivity index (χ4v) is 2.47. The molecule has 0 saturated carbocycles. The first-order valence-corrected chi connectivity index (χ1v) is 7.29. The Kier molecular flexibility index (Phi) is 5.37. The second-order valence-electron chi connectivity index (χ2n) is 5.72. The van der Waals surface area contributed by atoms with Crippen LogP contribution in [0.4, 0.5) is 0 Å². The maximum absolute atomic E-state index is 5.60. The minimum Gasteiger partial charge on any atom is -0.376 e. The Labute approximate surface area is 116 Å². The van der Waals surface area contributed by atoms with Crippen molar-refractivity contribution < 1.29 is 4.74 Å². The standard InChI is InChI=1S/C16H26N2O/c1-13(2)17-10-15-6-4-5-7-16(15)12-18-8-9-19-14(3)11-18/h4-7,13-14,17H,8-12H2,1-3H3. The molecule has 1 aromatic rings. The molecule has 1 fully saturated rings. The highest BCUT2D eigenvalue weighted by atomic mass is 16.5. The molecule has 1 aliphatic heterocycles. The van der Waals surface area contributed by atoms with Crippen LogP contribution in [0, 0.1) is 0 Å². The fraction of sp³-hybridized carbons (Fsp3) is 0.625. The maximum Gasteiger partial charge on any atom is 0.0674 e. The number of nitrogens with zero attached hydrogens (tertiary/aromatic N) is 1. The lowest BCUT2D eigenvalue weighted by Gasteiger charge is -2.31. The zero-order chi connectivity index (χ0) is 13.7. The molecule has 1 heterocycles. The predicted octanol–water partition coefficient (Wildman–Crippen LogP) is 2.41. The van der Waals surface area contributed by atoms with Crippen molar-refractivity contribution >= 4 is 0 Å². The van der Waals surface area contributed by atoms with E-state index in [9.17, 15) is 0 Å². The summed E-state index contributed by atoms with van der Waals surface area (Å²) in [4.78, 5) is 2.49. The molecule has 19 heavy (non-hydrogen) atoms. The van der Waals surface area contributed by atoms with Crippen LogP contribution in [-0.4, -0.2) is 36.7 Å². The van der Waals surface area contributed by atoms with Gasteiger partial charge in [0.15, 0.2) is 0 Å². The Balaban J connectivity index is 1.98. The van der Waals surface area contributed by atoms with E-state index >= 15 is 0 Å². The summed E-state index contributed by atoms with van der Waals surface area (Å²) in [6, 6.07) is 9.27. The number of morpholine rings is 1. The van der Waals surface area contributed by atoms with Crippen molar-refractivity contribution in [1.29, 1.82) is 0 Å². The highest BCUT2D eigenvalue weighted by molar-refractivity contribution is 5.27. The predicted molar refractivity (Wildman–Crippen MR) is 79.1 cm³/mol. The molecule has 2 rings (SSSR count). The first-order chi connectivity index (χ1) is 9.15. The Hall–Kier alpha value is -0.900. The molecule has 0 amide bonds. The Bertz CT molecular complexity index is 392. The average molecular weight is 262 g/mol. The number of rotatable bonds is 5. The third kappa shape index (κ3) is 4.60. The van der Waals surface area contributed by atoms with Gasteiger partial charge >= 0.3 is 0 Å². The molecule has 1 saturated heterocycles. The van der Waals surface area contributed by atoms with Crippen molar-refractivity contribution in [2.45, 2.75) is 46.0 Å². The molecule has 0 aliphatic carbocycles. The molecule has 106 valence electrons. The third-order valence-electron chi connectivity index (χ3n) is 3.54. The lowest BCUT2D eigenvalue weighted by molar-refractivity contribution is -0.0212. The van der Waals surface area contributed by atoms with Crippen LogP contribution in [0.5, 0.6) is 0 Å². The van der Waals surface area contributed by atoms with E-state index in [1.807, 2.05) is 0 Å². The summed E-state index contributed by atoms with van der Waals surface area (Å²) in [6.07, 6.45) is 0.356. The van der Waals surface area contributed by atoms with Crippen LogP contribution in [0.25, 0.3) is 0 Å². The van der Waals surface area contributed by atoms with Crippen LogP contribution in [-0.2, 0) is 17.8 Å². The molecule has 0 spiro atoms. The summed E-state index contributed by atoms with van der Waals surface area (Å²) in [5.74, 6) is 0. The summed E-state index contributed by atoms with van der Waals surface area (Å²) < 4.78 is 5.60. The second-order valence-corrected chi connectivity index (χ2v) is 5.72. The van der Waals surface area contributed by atoms with E-state index < -0.39 is 0 Å². The number of benzene rings is 1. The summed E-state index contributed by atoms with van der Waals surface area (Å²) in [5.41, 5.74) is 2.85. The van der Waals surface area contributed by atoms with E-state index in [0.29, 0.717) is 12.1 Å². The number of hydrogen-bond donors (Lipinski definition) is 1. The smallest absolute Gasteiger partial charge is 0.0674 e. The lowest BCUT2D eigenvalue weighted by Crippen LogP contribution is -2.40. The number of hydrogen-bond acceptors (Lipinski definition) is 3. The molecule has 3 nitrogen and oxygen atoms in total. The molecule has 1 atom stereocenters. The summed E-state index contributed by atoms with van der Waals surface area (Å²) in [5, 5.41) is 3.50. The van der Waals surface area contributed by atoms with E-state index in [4.69, 9.17) is 4.74 Å². The highest BCUT2D eigenvalue weighted by Gasteiger charge is 2.17. The zero-order valence-electron chi connectivity index (χ0n) is 12.4. The zero-order valence-corrected chi connectivity index (χ0v) is 12.4. The average Bonchev–Trinajstić information content (AvgIpc) is 2.38. The maximum atomic E-state index is 5.60. The van der Waals surface area contributed by atoms with E-state index in [0.717, 1.165) is 32.8 Å². The topological polar surface area (TPSA) is 24.5 Å². The van der Waals surface area contributed by atoms with Gasteiger partial charge in [-0.05, 0) is 18.1 Å². The van der Waals surface area contributed by atoms with Gasteiger partial charge in [0.1, 0.15) is 0 Å². The molecule has 1 N–H and O–H groups in total. The van der Waals surface area contributed by atoms with Gasteiger partial charge in [0.05, 0.1) is 12.7 Å². The quantitative estimate of drug-likeness (QED) is 0.882. The minimum atomic E-state index is 0.356. The molecule has 0 radical (unpaired) electrons. The van der Waals surface area contributed by atoms with Gasteiger partial charge in [-0.15, -0.1) is 0 Å². The summed E-state index contributed by atoms with van der Waals surface area (Å²) >= 11 is 0. The summed E-state index contributed by atoms with van der Waals surface area (Å²) in [6.45, 7) is 11.4. The van der Waals surface area contributed by atoms with Gasteiger partial charge in [-0.1, -0.05) is 38.1 Å². The van der Waals surface area contributed by atoms with Crippen LogP contribution in [0.3, 0.4) is 0 Å². The molecule has 0 bridgehead atoms. The second kappa shape index (κ2) is 7.04. The van der Waals surface area contributed by atoms with Crippen LogP contribution < -0.4 is 5.32 Å². The Morgan fingerprint density at radius 2 is 2.05 bits per heavy atom. The van der Waals surface area contributed by atoms with E-state index in [1.165, 1.54) is 11.1 Å². The SMILES string of the molecule is CC(C)NCc1ccccc1CN1CCOC(C)C1. The summed E-state index contributed by atoms with van der Waals surface area (Å²) in [7, 11) is 0. The van der Waals surface area contributed by atoms with E-state index in [-0.39, 0.29) is 0 Å². The fourth-order valence-electron chi connectivity index (χ4n) is 2.47. The molecular weight excluding hydrogens is 236 g/mol. The van der Waals surface area contributed by atoms with Gasteiger partial charge in [0, 0.05) is 32.2 Å². The van der Waals surface area contributed by atoms with Gasteiger partial charge in [0.2, 0.25) is 0 Å². The molecule has 1 aliphatic rings. The lowest BCUT2D eigenvalue weighted by atomic mass is 10.1. The molecule has 0 aromatic heterocycles. The molecule has 1 aromatic carbocycles. The Morgan fingerprint density at radius 3 is 2.74 bits per heavy atom. The van der Waals surface area contributed by atoms with Crippen molar-refractivity contribution in [2.75, 3.05) is 19.7 Å². The van der Waals surface area contributed by atoms with Gasteiger partial charge in [-0.2, -0.15) is 0 Å². The van der Waals surface area contributed by atoms with Crippen molar-refractivity contribution in [2.24, 2.45) is 0 Å². The van der Waals surface area contributed by atoms with E-state index in [1.54, 1.807) is 0 Å². The highest BCUT2D eigenvalue weighted by Crippen LogP contribution is 2.14.